The van der Waals surface area contributed by atoms with E-state index in [-0.39, 0.29) is 5.36 Å². The second-order valence-corrected chi connectivity index (χ2v) is 4.73. The normalized spacial score (nSPS) is 10.5. The molecule has 0 spiro atoms. The number of benzene rings is 2. The van der Waals surface area contributed by atoms with E-state index in [0.717, 1.165) is 0 Å². The number of anilines is 1. The molecule has 0 aliphatic rings. The van der Waals surface area contributed by atoms with Crippen LogP contribution in [0.4, 0.5) is 5.69 Å². The third-order valence-electron chi connectivity index (χ3n) is 3.29. The van der Waals surface area contributed by atoms with Gasteiger partial charge in [-0.3, -0.25) is 14.4 Å². The Bertz CT molecular complexity index is 963. The number of rotatable bonds is 2. The molecule has 3 N–H and O–H groups in total. The van der Waals surface area contributed by atoms with E-state index in [2.05, 4.69) is 10.5 Å². The molecule has 0 bridgehead atoms. The standard InChI is InChI=1S/C16H11N3O3/c17-10-7-5-9(6-8-10)16(22)19-18-13-14(20)11-3-1-2-4-12(11)15(13)21/h1-8H,17H2,(H,19,22). The molecule has 0 heterocycles. The number of hydrogen-bond acceptors (Lipinski definition) is 5. The molecule has 0 fully saturated rings. The predicted octanol–water partition coefficient (Wildman–Crippen LogP) is 0.264. The number of amides is 1. The summed E-state index contributed by atoms with van der Waals surface area (Å²) in [6.07, 6.45) is 0. The Hall–Kier alpha value is -3.28. The summed E-state index contributed by atoms with van der Waals surface area (Å²) in [5.41, 5.74) is 7.64. The van der Waals surface area contributed by atoms with E-state index < -0.39 is 16.8 Å². The molecule has 0 radical (unpaired) electrons. The summed E-state index contributed by atoms with van der Waals surface area (Å²) < 4.78 is 0. The molecule has 3 rings (SSSR count). The molecule has 108 valence electrons. The molecule has 6 nitrogen and oxygen atoms in total. The predicted molar refractivity (Wildman–Crippen MR) is 82.7 cm³/mol. The minimum absolute atomic E-state index is 0.287. The minimum atomic E-state index is -0.524. The van der Waals surface area contributed by atoms with Gasteiger partial charge >= 0.3 is 0 Å². The maximum Gasteiger partial charge on any atom is 0.271 e. The number of hydrogen-bond donors (Lipinski definition) is 2. The van der Waals surface area contributed by atoms with Crippen LogP contribution < -0.4 is 27.4 Å². The van der Waals surface area contributed by atoms with Gasteiger partial charge < -0.3 is 5.73 Å². The van der Waals surface area contributed by atoms with E-state index in [1.165, 1.54) is 12.1 Å². The van der Waals surface area contributed by atoms with Crippen LogP contribution in [0.15, 0.2) is 63.2 Å². The lowest BCUT2D eigenvalue weighted by atomic mass is 10.2. The van der Waals surface area contributed by atoms with Crippen molar-refractivity contribution in [1.29, 1.82) is 0 Å². The van der Waals surface area contributed by atoms with Crippen molar-refractivity contribution < 1.29 is 4.79 Å². The molecule has 6 heteroatoms. The maximum absolute atomic E-state index is 12.1. The molecule has 0 aliphatic carbocycles. The molecular weight excluding hydrogens is 282 g/mol. The largest absolute Gasteiger partial charge is 0.399 e. The fourth-order valence-corrected chi connectivity index (χ4v) is 2.14. The van der Waals surface area contributed by atoms with Crippen molar-refractivity contribution in [1.82, 2.24) is 5.43 Å². The molecule has 1 amide bonds. The molecule has 0 unspecified atom stereocenters. The van der Waals surface area contributed by atoms with Crippen molar-refractivity contribution in [3.05, 3.63) is 79.9 Å². The van der Waals surface area contributed by atoms with E-state index in [0.29, 0.717) is 22.0 Å². The molecule has 0 aromatic heterocycles. The Balaban J connectivity index is 2.00. The van der Waals surface area contributed by atoms with Crippen molar-refractivity contribution in [2.45, 2.75) is 0 Å². The van der Waals surface area contributed by atoms with Crippen LogP contribution in [-0.2, 0) is 0 Å². The van der Waals surface area contributed by atoms with Crippen molar-refractivity contribution in [2.24, 2.45) is 5.10 Å². The summed E-state index contributed by atoms with van der Waals surface area (Å²) in [6.45, 7) is 0. The van der Waals surface area contributed by atoms with E-state index in [9.17, 15) is 14.4 Å². The van der Waals surface area contributed by atoms with Gasteiger partial charge in [0.2, 0.25) is 10.9 Å². The van der Waals surface area contributed by atoms with Crippen molar-refractivity contribution in [3.8, 4) is 0 Å². The molecule has 3 aromatic rings. The first-order valence-electron chi connectivity index (χ1n) is 6.50. The summed E-state index contributed by atoms with van der Waals surface area (Å²) >= 11 is 0. The molecular formula is C16H11N3O3. The third kappa shape index (κ3) is 2.26. The van der Waals surface area contributed by atoms with Gasteiger partial charge in [0, 0.05) is 22.0 Å². The Morgan fingerprint density at radius 1 is 0.909 bits per heavy atom. The number of fused-ring (bicyclic) bond motifs is 1. The van der Waals surface area contributed by atoms with Gasteiger partial charge in [0.15, 0.2) is 5.36 Å². The van der Waals surface area contributed by atoms with Gasteiger partial charge in [-0.1, -0.05) is 24.3 Å². The average molecular weight is 293 g/mol. The van der Waals surface area contributed by atoms with Crippen LogP contribution in [0.5, 0.6) is 0 Å². The molecule has 22 heavy (non-hydrogen) atoms. The van der Waals surface area contributed by atoms with E-state index in [1.807, 2.05) is 0 Å². The van der Waals surface area contributed by atoms with E-state index >= 15 is 0 Å². The van der Waals surface area contributed by atoms with Crippen molar-refractivity contribution >= 4 is 22.4 Å². The van der Waals surface area contributed by atoms with Crippen LogP contribution in [-0.4, -0.2) is 5.91 Å². The molecule has 0 aliphatic heterocycles. The Labute approximate surface area is 124 Å². The van der Waals surface area contributed by atoms with Gasteiger partial charge in [-0.05, 0) is 24.3 Å². The maximum atomic E-state index is 12.1. The van der Waals surface area contributed by atoms with Gasteiger partial charge in [0.1, 0.15) is 0 Å². The molecule has 0 saturated carbocycles. The molecule has 0 saturated heterocycles. The zero-order chi connectivity index (χ0) is 15.7. The summed E-state index contributed by atoms with van der Waals surface area (Å²) in [5.74, 6) is -0.524. The second-order valence-electron chi connectivity index (χ2n) is 4.73. The first-order chi connectivity index (χ1) is 10.6. The van der Waals surface area contributed by atoms with Crippen molar-refractivity contribution in [3.63, 3.8) is 0 Å². The number of nitrogens with two attached hydrogens (primary N) is 1. The van der Waals surface area contributed by atoms with Crippen LogP contribution in [0.1, 0.15) is 10.4 Å². The number of nitrogen functional groups attached to an aromatic ring is 1. The number of nitrogens with zero attached hydrogens (tertiary/aromatic N) is 1. The quantitative estimate of drug-likeness (QED) is 0.523. The van der Waals surface area contributed by atoms with Crippen LogP contribution in [0.2, 0.25) is 0 Å². The SMILES string of the molecule is Nc1ccc(C(=O)NN=c2c(=O)c3ccccc3c2=O)cc1. The van der Waals surface area contributed by atoms with Crippen molar-refractivity contribution in [2.75, 3.05) is 5.73 Å². The molecule has 0 atom stereocenters. The van der Waals surface area contributed by atoms with Crippen LogP contribution >= 0.6 is 0 Å². The lowest BCUT2D eigenvalue weighted by molar-refractivity contribution is 0.0953. The monoisotopic (exact) mass is 293 g/mol. The summed E-state index contributed by atoms with van der Waals surface area (Å²) in [5, 5.41) is 4.00. The minimum Gasteiger partial charge on any atom is -0.399 e. The first-order valence-corrected chi connectivity index (χ1v) is 6.50. The van der Waals surface area contributed by atoms with E-state index in [1.54, 1.807) is 36.4 Å². The Kier molecular flexibility index (Phi) is 3.27. The molecule has 3 aromatic carbocycles. The number of nitrogens with one attached hydrogen (secondary N) is 1. The number of carbonyl (C=O) groups excluding carboxylic acids is 1. The zero-order valence-electron chi connectivity index (χ0n) is 11.4. The van der Waals surface area contributed by atoms with E-state index in [4.69, 9.17) is 5.73 Å². The highest BCUT2D eigenvalue weighted by Gasteiger charge is 2.10. The summed E-state index contributed by atoms with van der Waals surface area (Å²) in [4.78, 5) is 36.1. The highest BCUT2D eigenvalue weighted by atomic mass is 16.2. The smallest absolute Gasteiger partial charge is 0.271 e. The van der Waals surface area contributed by atoms with Gasteiger partial charge in [0.05, 0.1) is 0 Å². The fraction of sp³-hybridized carbons (Fsp3) is 0. The summed E-state index contributed by atoms with van der Waals surface area (Å²) in [6, 6.07) is 12.6. The summed E-state index contributed by atoms with van der Waals surface area (Å²) in [7, 11) is 0. The lowest BCUT2D eigenvalue weighted by Gasteiger charge is -1.99. The highest BCUT2D eigenvalue weighted by Crippen LogP contribution is 2.05. The Morgan fingerprint density at radius 2 is 1.45 bits per heavy atom. The first kappa shape index (κ1) is 13.7. The van der Waals surface area contributed by atoms with Gasteiger partial charge in [-0.2, -0.15) is 5.10 Å². The number of carbonyl (C=O) groups is 1. The average Bonchev–Trinajstić information content (AvgIpc) is 2.78. The highest BCUT2D eigenvalue weighted by molar-refractivity contribution is 5.94. The van der Waals surface area contributed by atoms with Gasteiger partial charge in [0.25, 0.3) is 5.91 Å². The third-order valence-corrected chi connectivity index (χ3v) is 3.29. The van der Waals surface area contributed by atoms with Crippen LogP contribution in [0, 0.1) is 0 Å². The van der Waals surface area contributed by atoms with Crippen LogP contribution in [0.25, 0.3) is 10.8 Å². The van der Waals surface area contributed by atoms with Gasteiger partial charge in [-0.25, -0.2) is 5.43 Å². The second kappa shape index (κ2) is 5.25. The fourth-order valence-electron chi connectivity index (χ4n) is 2.14. The van der Waals surface area contributed by atoms with Gasteiger partial charge in [-0.15, -0.1) is 0 Å². The van der Waals surface area contributed by atoms with Crippen LogP contribution in [0.3, 0.4) is 0 Å². The zero-order valence-corrected chi connectivity index (χ0v) is 11.4. The lowest BCUT2D eigenvalue weighted by Crippen LogP contribution is -2.35. The topological polar surface area (TPSA) is 102 Å². The Morgan fingerprint density at radius 3 is 2.00 bits per heavy atom.